The highest BCUT2D eigenvalue weighted by molar-refractivity contribution is 7.84. The fraction of sp³-hybridized carbons (Fsp3) is 0.417. The summed E-state index contributed by atoms with van der Waals surface area (Å²) in [6, 6.07) is 0. The van der Waals surface area contributed by atoms with Crippen LogP contribution >= 0.6 is 12.6 Å². The van der Waals surface area contributed by atoms with Gasteiger partial charge in [-0.15, -0.1) is 12.6 Å². The van der Waals surface area contributed by atoms with Crippen molar-refractivity contribution in [2.24, 2.45) is 5.73 Å². The van der Waals surface area contributed by atoms with Gasteiger partial charge in [-0.25, -0.2) is 0 Å². The molecule has 0 aromatic heterocycles. The van der Waals surface area contributed by atoms with Crippen LogP contribution in [0, 0.1) is 0 Å². The van der Waals surface area contributed by atoms with Gasteiger partial charge in [-0.3, -0.25) is 0 Å². The zero-order chi connectivity index (χ0) is 13.0. The van der Waals surface area contributed by atoms with Crippen molar-refractivity contribution in [3.8, 4) is 0 Å². The molecule has 0 aromatic carbocycles. The molecule has 0 rings (SSSR count). The number of allylic oxidation sites excluding steroid dienone is 3. The molecule has 0 aromatic rings. The minimum atomic E-state index is 0.167. The minimum Gasteiger partial charge on any atom is -0.493 e. The average Bonchev–Trinajstić information content (AvgIpc) is 2.22. The number of nitrogens with two attached hydrogens (primary N) is 1. The fourth-order valence-corrected chi connectivity index (χ4v) is 0.587. The third kappa shape index (κ3) is 18.7. The molecular weight excluding hydrogens is 222 g/mol. The van der Waals surface area contributed by atoms with E-state index in [4.69, 9.17) is 10.5 Å². The molecule has 0 amide bonds. The van der Waals surface area contributed by atoms with Gasteiger partial charge in [0.1, 0.15) is 18.1 Å². The molecule has 0 bridgehead atoms. The Morgan fingerprint density at radius 3 is 2.31 bits per heavy atom. The molecule has 4 heteroatoms. The van der Waals surface area contributed by atoms with Gasteiger partial charge in [-0.1, -0.05) is 12.7 Å². The molecule has 92 valence electrons. The van der Waals surface area contributed by atoms with Gasteiger partial charge in [0.25, 0.3) is 0 Å². The Bertz CT molecular complexity index is 266. The molecule has 0 saturated carbocycles. The first-order valence-electron chi connectivity index (χ1n) is 4.96. The Morgan fingerprint density at radius 2 is 1.94 bits per heavy atom. The molecule has 3 nitrogen and oxygen atoms in total. The van der Waals surface area contributed by atoms with Crippen LogP contribution in [0.4, 0.5) is 0 Å². The molecule has 0 atom stereocenters. The van der Waals surface area contributed by atoms with E-state index in [1.165, 1.54) is 13.8 Å². The number of hydrogen-bond donors (Lipinski definition) is 2. The quantitative estimate of drug-likeness (QED) is 0.443. The van der Waals surface area contributed by atoms with E-state index in [1.54, 1.807) is 6.08 Å². The van der Waals surface area contributed by atoms with E-state index in [-0.39, 0.29) is 5.78 Å². The maximum Gasteiger partial charge on any atom is 0.126 e. The average molecular weight is 243 g/mol. The molecular formula is C12H21NO2S. The van der Waals surface area contributed by atoms with Gasteiger partial charge >= 0.3 is 0 Å². The van der Waals surface area contributed by atoms with E-state index in [2.05, 4.69) is 19.2 Å². The topological polar surface area (TPSA) is 52.3 Å². The van der Waals surface area contributed by atoms with Gasteiger partial charge < -0.3 is 15.3 Å². The van der Waals surface area contributed by atoms with Gasteiger partial charge in [-0.2, -0.15) is 0 Å². The van der Waals surface area contributed by atoms with Crippen LogP contribution in [-0.2, 0) is 9.53 Å². The van der Waals surface area contributed by atoms with Crippen molar-refractivity contribution < 1.29 is 9.53 Å². The molecule has 0 fully saturated rings. The summed E-state index contributed by atoms with van der Waals surface area (Å²) in [5.41, 5.74) is 5.24. The summed E-state index contributed by atoms with van der Waals surface area (Å²) in [5, 5.41) is 0. The molecule has 0 unspecified atom stereocenters. The maximum absolute atomic E-state index is 9.44. The molecule has 0 heterocycles. The van der Waals surface area contributed by atoms with Crippen molar-refractivity contribution in [1.29, 1.82) is 0 Å². The third-order valence-electron chi connectivity index (χ3n) is 1.14. The summed E-state index contributed by atoms with van der Waals surface area (Å²) in [5.74, 6) is 0.772. The van der Waals surface area contributed by atoms with Gasteiger partial charge in [0.05, 0.1) is 0 Å². The summed E-state index contributed by atoms with van der Waals surface area (Å²) in [4.78, 5) is 10.3. The first-order valence-corrected chi connectivity index (χ1v) is 5.41. The number of rotatable bonds is 5. The second kappa shape index (κ2) is 12.1. The van der Waals surface area contributed by atoms with E-state index in [0.29, 0.717) is 18.9 Å². The van der Waals surface area contributed by atoms with Crippen LogP contribution < -0.4 is 5.73 Å². The zero-order valence-corrected chi connectivity index (χ0v) is 11.1. The van der Waals surface area contributed by atoms with E-state index < -0.39 is 0 Å². The van der Waals surface area contributed by atoms with Crippen molar-refractivity contribution >= 4 is 18.4 Å². The van der Waals surface area contributed by atoms with Crippen molar-refractivity contribution in [1.82, 2.24) is 0 Å². The van der Waals surface area contributed by atoms with E-state index in [9.17, 15) is 4.79 Å². The van der Waals surface area contributed by atoms with E-state index in [1.807, 2.05) is 19.1 Å². The van der Waals surface area contributed by atoms with Gasteiger partial charge in [0.2, 0.25) is 0 Å². The molecule has 0 saturated heterocycles. The lowest BCUT2D eigenvalue weighted by Crippen LogP contribution is -2.06. The lowest BCUT2D eigenvalue weighted by atomic mass is 10.4. The number of ether oxygens (including phenoxy) is 1. The summed E-state index contributed by atoms with van der Waals surface area (Å²) >= 11 is 4.15. The molecule has 2 N–H and O–H groups in total. The Kier molecular flexibility index (Phi) is 13.1. The van der Waals surface area contributed by atoms with Crippen LogP contribution in [0.2, 0.25) is 0 Å². The molecule has 0 aliphatic heterocycles. The number of Topliss-reactive ketones (excluding diaryl/α,β-unsaturated/α-hetero) is 1. The first-order chi connectivity index (χ1) is 7.43. The normalized spacial score (nSPS) is 10.7. The monoisotopic (exact) mass is 243 g/mol. The molecule has 0 aliphatic rings. The number of carbonyl (C=O) groups is 1. The van der Waals surface area contributed by atoms with Gasteiger partial charge in [-0.05, 0) is 37.8 Å². The SMILES string of the molecule is C=C(/C=C\C(S)=C/C)OCCN.CC(C)=O. The third-order valence-corrected chi connectivity index (χ3v) is 1.55. The van der Waals surface area contributed by atoms with Crippen LogP contribution in [0.5, 0.6) is 0 Å². The van der Waals surface area contributed by atoms with Gasteiger partial charge in [0, 0.05) is 6.54 Å². The largest absolute Gasteiger partial charge is 0.493 e. The minimum absolute atomic E-state index is 0.167. The highest BCUT2D eigenvalue weighted by atomic mass is 32.1. The first kappa shape index (κ1) is 17.4. The summed E-state index contributed by atoms with van der Waals surface area (Å²) in [6.45, 7) is 9.65. The lowest BCUT2D eigenvalue weighted by molar-refractivity contribution is -0.114. The van der Waals surface area contributed by atoms with Crippen molar-refractivity contribution in [2.75, 3.05) is 13.2 Å². The molecule has 0 radical (unpaired) electrons. The zero-order valence-electron chi connectivity index (χ0n) is 10.2. The van der Waals surface area contributed by atoms with Gasteiger partial charge in [0.15, 0.2) is 0 Å². The molecule has 16 heavy (non-hydrogen) atoms. The molecule has 0 spiro atoms. The number of ketones is 1. The Morgan fingerprint density at radius 1 is 1.44 bits per heavy atom. The maximum atomic E-state index is 9.44. The second-order valence-electron chi connectivity index (χ2n) is 3.06. The number of thiol groups is 1. The Hall–Kier alpha value is -1.00. The smallest absolute Gasteiger partial charge is 0.126 e. The highest BCUT2D eigenvalue weighted by Crippen LogP contribution is 2.04. The van der Waals surface area contributed by atoms with E-state index >= 15 is 0 Å². The number of carbonyl (C=O) groups excluding carboxylic acids is 1. The summed E-state index contributed by atoms with van der Waals surface area (Å²) < 4.78 is 5.12. The van der Waals surface area contributed by atoms with Crippen molar-refractivity contribution in [3.05, 3.63) is 35.5 Å². The predicted octanol–water partition coefficient (Wildman–Crippen LogP) is 2.46. The predicted molar refractivity (Wildman–Crippen MR) is 72.4 cm³/mol. The van der Waals surface area contributed by atoms with Crippen LogP contribution in [0.3, 0.4) is 0 Å². The summed E-state index contributed by atoms with van der Waals surface area (Å²) in [7, 11) is 0. The Balaban J connectivity index is 0. The molecule has 0 aliphatic carbocycles. The number of hydrogen-bond acceptors (Lipinski definition) is 4. The van der Waals surface area contributed by atoms with Crippen LogP contribution in [0.1, 0.15) is 20.8 Å². The second-order valence-corrected chi connectivity index (χ2v) is 3.57. The standard InChI is InChI=1S/C9H15NOS.C3H6O/c1-3-9(12)5-4-8(2)11-7-6-10;1-3(2)4/h3-5,12H,2,6-7,10H2,1H3;1-2H3/b5-4-,9-3+;. The van der Waals surface area contributed by atoms with Crippen LogP contribution in [0.15, 0.2) is 35.5 Å². The van der Waals surface area contributed by atoms with Crippen molar-refractivity contribution in [3.63, 3.8) is 0 Å². The van der Waals surface area contributed by atoms with Crippen LogP contribution in [-0.4, -0.2) is 18.9 Å². The van der Waals surface area contributed by atoms with Crippen molar-refractivity contribution in [2.45, 2.75) is 20.8 Å². The summed E-state index contributed by atoms with van der Waals surface area (Å²) in [6.07, 6.45) is 5.47. The lowest BCUT2D eigenvalue weighted by Gasteiger charge is -2.01. The highest BCUT2D eigenvalue weighted by Gasteiger charge is 1.86. The van der Waals surface area contributed by atoms with E-state index in [0.717, 1.165) is 4.91 Å². The Labute approximate surface area is 103 Å². The fourth-order valence-electron chi connectivity index (χ4n) is 0.513. The van der Waals surface area contributed by atoms with Crippen LogP contribution in [0.25, 0.3) is 0 Å².